The normalized spacial score (nSPS) is 21.8. The summed E-state index contributed by atoms with van der Waals surface area (Å²) in [4.78, 5) is 74.3. The summed E-state index contributed by atoms with van der Waals surface area (Å²) in [6.45, 7) is 5.25. The molecule has 0 unspecified atom stereocenters. The summed E-state index contributed by atoms with van der Waals surface area (Å²) in [5.74, 6) is -2.56. The van der Waals surface area contributed by atoms with Gasteiger partial charge in [0, 0.05) is 44.3 Å². The predicted molar refractivity (Wildman–Crippen MR) is 158 cm³/mol. The van der Waals surface area contributed by atoms with Crippen molar-refractivity contribution in [3.63, 3.8) is 0 Å². The first kappa shape index (κ1) is 30.7. The summed E-state index contributed by atoms with van der Waals surface area (Å²) in [7, 11) is 1.47. The van der Waals surface area contributed by atoms with Crippen molar-refractivity contribution >= 4 is 45.8 Å². The van der Waals surface area contributed by atoms with Crippen LogP contribution in [-0.4, -0.2) is 93.5 Å². The van der Waals surface area contributed by atoms with E-state index in [0.29, 0.717) is 11.4 Å². The first-order chi connectivity index (χ1) is 20.0. The molecule has 224 valence electrons. The van der Waals surface area contributed by atoms with Gasteiger partial charge in [-0.3, -0.25) is 28.4 Å². The van der Waals surface area contributed by atoms with Gasteiger partial charge in [0.15, 0.2) is 4.96 Å². The number of hydrogen-bond acceptors (Lipinski definition) is 7. The van der Waals surface area contributed by atoms with E-state index < -0.39 is 41.8 Å². The van der Waals surface area contributed by atoms with Gasteiger partial charge in [0.1, 0.15) is 23.8 Å². The minimum absolute atomic E-state index is 0.148. The van der Waals surface area contributed by atoms with Gasteiger partial charge in [0.25, 0.3) is 5.91 Å². The van der Waals surface area contributed by atoms with Crippen molar-refractivity contribution in [1.29, 1.82) is 0 Å². The van der Waals surface area contributed by atoms with Crippen LogP contribution in [0.15, 0.2) is 48.1 Å². The van der Waals surface area contributed by atoms with Crippen LogP contribution in [0.3, 0.4) is 0 Å². The molecule has 13 heteroatoms. The van der Waals surface area contributed by atoms with Crippen molar-refractivity contribution < 1.29 is 24.0 Å². The molecule has 3 N–H and O–H groups in total. The Balaban J connectivity index is 1.60. The maximum atomic E-state index is 13.6. The Hall–Kier alpha value is -4.26. The Morgan fingerprint density at radius 1 is 1.10 bits per heavy atom. The van der Waals surface area contributed by atoms with E-state index in [1.165, 1.54) is 28.2 Å². The Morgan fingerprint density at radius 2 is 1.83 bits per heavy atom. The largest absolute Gasteiger partial charge is 0.354 e. The standard InChI is InChI=1S/C29H37N7O5S/c1-18(2)24-28(41)34(4)17-23(37)31-21(15-20-9-6-5-7-10-20)26(39)30-11-8-12-36(19(3)25(38)33-24)27(40)22-16-35-13-14-42-29(35)32-22/h5-7,9-10,13-14,16,18-19,21,24H,8,11-12,15,17H2,1-4H3,(H,30,39)(H,31,37)(H,33,38)/t19-,21+,24+/m1/s1. The Labute approximate surface area is 248 Å². The van der Waals surface area contributed by atoms with Crippen LogP contribution >= 0.6 is 11.3 Å². The summed E-state index contributed by atoms with van der Waals surface area (Å²) < 4.78 is 1.74. The molecular formula is C29H37N7O5S. The average Bonchev–Trinajstić information content (AvgIpc) is 3.57. The lowest BCUT2D eigenvalue weighted by molar-refractivity contribution is -0.140. The molecule has 1 aliphatic heterocycles. The van der Waals surface area contributed by atoms with Gasteiger partial charge in [-0.2, -0.15) is 0 Å². The molecule has 1 aliphatic rings. The summed E-state index contributed by atoms with van der Waals surface area (Å²) in [5.41, 5.74) is 1.06. The first-order valence-electron chi connectivity index (χ1n) is 13.9. The average molecular weight is 596 g/mol. The van der Waals surface area contributed by atoms with Gasteiger partial charge in [0.05, 0.1) is 6.54 Å². The van der Waals surface area contributed by atoms with E-state index in [2.05, 4.69) is 20.9 Å². The van der Waals surface area contributed by atoms with Crippen LogP contribution in [0.2, 0.25) is 0 Å². The van der Waals surface area contributed by atoms with Gasteiger partial charge in [-0.15, -0.1) is 11.3 Å². The number of aromatic nitrogens is 2. The lowest BCUT2D eigenvalue weighted by Gasteiger charge is -2.32. The molecule has 0 bridgehead atoms. The quantitative estimate of drug-likeness (QED) is 0.412. The highest BCUT2D eigenvalue weighted by molar-refractivity contribution is 7.15. The Kier molecular flexibility index (Phi) is 9.94. The third-order valence-electron chi connectivity index (χ3n) is 7.22. The number of hydrogen-bond donors (Lipinski definition) is 3. The van der Waals surface area contributed by atoms with Crippen molar-refractivity contribution in [3.8, 4) is 0 Å². The van der Waals surface area contributed by atoms with Crippen molar-refractivity contribution in [3.05, 3.63) is 59.4 Å². The van der Waals surface area contributed by atoms with Crippen LogP contribution in [0.25, 0.3) is 4.96 Å². The van der Waals surface area contributed by atoms with Crippen LogP contribution in [0, 0.1) is 5.92 Å². The van der Waals surface area contributed by atoms with Gasteiger partial charge >= 0.3 is 0 Å². The third kappa shape index (κ3) is 7.32. The molecule has 3 atom stereocenters. The topological polar surface area (TPSA) is 145 Å². The Morgan fingerprint density at radius 3 is 2.52 bits per heavy atom. The fraction of sp³-hybridized carbons (Fsp3) is 0.448. The molecule has 0 saturated carbocycles. The van der Waals surface area contributed by atoms with Gasteiger partial charge < -0.3 is 25.8 Å². The van der Waals surface area contributed by atoms with Gasteiger partial charge in [0.2, 0.25) is 23.6 Å². The zero-order chi connectivity index (χ0) is 30.4. The highest BCUT2D eigenvalue weighted by Crippen LogP contribution is 2.16. The molecular weight excluding hydrogens is 558 g/mol. The third-order valence-corrected chi connectivity index (χ3v) is 7.99. The van der Waals surface area contributed by atoms with E-state index in [1.807, 2.05) is 35.7 Å². The number of nitrogens with one attached hydrogen (secondary N) is 3. The summed E-state index contributed by atoms with van der Waals surface area (Å²) in [6.07, 6.45) is 4.02. The number of imidazole rings is 1. The maximum absolute atomic E-state index is 13.6. The van der Waals surface area contributed by atoms with E-state index >= 15 is 0 Å². The highest BCUT2D eigenvalue weighted by atomic mass is 32.1. The van der Waals surface area contributed by atoms with E-state index in [1.54, 1.807) is 37.6 Å². The number of fused-ring (bicyclic) bond motifs is 1. The molecule has 0 radical (unpaired) electrons. The second kappa shape index (κ2) is 13.6. The van der Waals surface area contributed by atoms with Crippen LogP contribution < -0.4 is 16.0 Å². The predicted octanol–water partition coefficient (Wildman–Crippen LogP) is 1.07. The van der Waals surface area contributed by atoms with E-state index in [4.69, 9.17) is 0 Å². The lowest BCUT2D eigenvalue weighted by Crippen LogP contribution is -2.57. The van der Waals surface area contributed by atoms with Gasteiger partial charge in [-0.25, -0.2) is 4.98 Å². The maximum Gasteiger partial charge on any atom is 0.274 e. The highest BCUT2D eigenvalue weighted by Gasteiger charge is 2.34. The molecule has 42 heavy (non-hydrogen) atoms. The summed E-state index contributed by atoms with van der Waals surface area (Å²) >= 11 is 1.39. The van der Waals surface area contributed by atoms with E-state index in [-0.39, 0.29) is 43.6 Å². The van der Waals surface area contributed by atoms with Crippen LogP contribution in [-0.2, 0) is 25.6 Å². The number of thiazole rings is 1. The molecule has 5 amide bonds. The zero-order valence-corrected chi connectivity index (χ0v) is 25.0. The van der Waals surface area contributed by atoms with Gasteiger partial charge in [-0.05, 0) is 24.8 Å². The molecule has 0 aliphatic carbocycles. The Bertz CT molecular complexity index is 1410. The van der Waals surface area contributed by atoms with Crippen LogP contribution in [0.4, 0.5) is 0 Å². The van der Waals surface area contributed by atoms with Crippen molar-refractivity contribution in [2.75, 3.05) is 26.7 Å². The molecule has 3 heterocycles. The first-order valence-corrected chi connectivity index (χ1v) is 14.8. The van der Waals surface area contributed by atoms with E-state index in [0.717, 1.165) is 5.56 Å². The van der Waals surface area contributed by atoms with Crippen LogP contribution in [0.5, 0.6) is 0 Å². The van der Waals surface area contributed by atoms with Crippen molar-refractivity contribution in [2.24, 2.45) is 5.92 Å². The monoisotopic (exact) mass is 595 g/mol. The molecule has 1 fully saturated rings. The second-order valence-electron chi connectivity index (χ2n) is 10.8. The number of likely N-dealkylation sites (N-methyl/N-ethyl adjacent to an activating group) is 1. The number of amides is 5. The molecule has 1 aromatic carbocycles. The van der Waals surface area contributed by atoms with Crippen LogP contribution in [0.1, 0.15) is 43.2 Å². The summed E-state index contributed by atoms with van der Waals surface area (Å²) in [5, 5.41) is 10.3. The minimum atomic E-state index is -0.936. The van der Waals surface area contributed by atoms with E-state index in [9.17, 15) is 24.0 Å². The minimum Gasteiger partial charge on any atom is -0.354 e. The number of nitrogens with zero attached hydrogens (tertiary/aromatic N) is 4. The SMILES string of the molecule is CC(C)[C@@H]1NC(=O)[C@@H](C)N(C(=O)c2cn3ccsc3n2)CCCNC(=O)[C@H](Cc2ccccc2)NC(=O)CN(C)C1=O. The fourth-order valence-corrected chi connectivity index (χ4v) is 5.49. The van der Waals surface area contributed by atoms with Crippen molar-refractivity contribution in [1.82, 2.24) is 35.1 Å². The summed E-state index contributed by atoms with van der Waals surface area (Å²) in [6, 6.07) is 6.59. The van der Waals surface area contributed by atoms with Crippen molar-refractivity contribution in [2.45, 2.75) is 51.7 Å². The smallest absolute Gasteiger partial charge is 0.274 e. The molecule has 12 nitrogen and oxygen atoms in total. The zero-order valence-electron chi connectivity index (χ0n) is 24.2. The molecule has 3 aromatic rings. The molecule has 4 rings (SSSR count). The molecule has 2 aromatic heterocycles. The fourth-order valence-electron chi connectivity index (χ4n) is 4.79. The lowest BCUT2D eigenvalue weighted by atomic mass is 10.0. The molecule has 1 saturated heterocycles. The second-order valence-corrected chi connectivity index (χ2v) is 11.6. The van der Waals surface area contributed by atoms with Gasteiger partial charge in [-0.1, -0.05) is 44.2 Å². The number of carbonyl (C=O) groups excluding carboxylic acids is 5. The number of carbonyl (C=O) groups is 5. The number of benzene rings is 1. The molecule has 0 spiro atoms. The number of rotatable bonds is 4.